The second kappa shape index (κ2) is 12.9. The van der Waals surface area contributed by atoms with E-state index in [9.17, 15) is 18.4 Å². The van der Waals surface area contributed by atoms with Crippen LogP contribution in [0, 0.1) is 12.8 Å². The first-order valence-corrected chi connectivity index (χ1v) is 14.3. The van der Waals surface area contributed by atoms with Crippen LogP contribution >= 0.6 is 0 Å². The maximum atomic E-state index is 12.9. The molecule has 2 aromatic rings. The topological polar surface area (TPSA) is 113 Å². The number of benzene rings is 1. The molecule has 3 aliphatic heterocycles. The number of halogens is 2. The molecule has 10 nitrogen and oxygen atoms in total. The number of nitrogens with zero attached hydrogens (tertiary/aromatic N) is 4. The molecule has 1 aromatic heterocycles. The Labute approximate surface area is 232 Å². The summed E-state index contributed by atoms with van der Waals surface area (Å²) >= 11 is 0. The number of amides is 2. The molecule has 1 aromatic carbocycles. The smallest absolute Gasteiger partial charge is 0.324 e. The van der Waals surface area contributed by atoms with Crippen LogP contribution in [0.15, 0.2) is 22.7 Å². The van der Waals surface area contributed by atoms with Crippen LogP contribution in [0.1, 0.15) is 73.1 Å². The van der Waals surface area contributed by atoms with Crippen molar-refractivity contribution in [2.75, 3.05) is 44.2 Å². The summed E-state index contributed by atoms with van der Waals surface area (Å²) in [6.07, 6.45) is 3.78. The van der Waals surface area contributed by atoms with E-state index in [1.807, 2.05) is 28.9 Å². The molecule has 0 spiro atoms. The van der Waals surface area contributed by atoms with Gasteiger partial charge >= 0.3 is 12.4 Å². The first-order valence-electron chi connectivity index (χ1n) is 14.3. The van der Waals surface area contributed by atoms with E-state index in [0.717, 1.165) is 62.9 Å². The number of carbonyl (C=O) groups excluding carboxylic acids is 2. The summed E-state index contributed by atoms with van der Waals surface area (Å²) in [5.41, 5.74) is 1.45. The van der Waals surface area contributed by atoms with Crippen molar-refractivity contribution in [2.24, 2.45) is 5.92 Å². The minimum atomic E-state index is -2.73. The third kappa shape index (κ3) is 6.89. The van der Waals surface area contributed by atoms with Gasteiger partial charge in [0.05, 0.1) is 12.6 Å². The largest absolute Gasteiger partial charge is 0.494 e. The summed E-state index contributed by atoms with van der Waals surface area (Å²) in [4.78, 5) is 33.1. The molecule has 5 rings (SSSR count). The van der Waals surface area contributed by atoms with E-state index in [-0.39, 0.29) is 29.9 Å². The molecule has 3 fully saturated rings. The van der Waals surface area contributed by atoms with E-state index in [0.29, 0.717) is 44.1 Å². The second-order valence-corrected chi connectivity index (χ2v) is 11.0. The van der Waals surface area contributed by atoms with Crippen LogP contribution in [0.4, 0.5) is 14.8 Å². The molecular formula is C28H38F2N6O4. The summed E-state index contributed by atoms with van der Waals surface area (Å²) in [5.74, 6) is 0.701. The molecule has 0 bridgehead atoms. The first-order chi connectivity index (χ1) is 19.4. The molecule has 2 atom stereocenters. The van der Waals surface area contributed by atoms with Gasteiger partial charge in [-0.3, -0.25) is 9.59 Å². The van der Waals surface area contributed by atoms with E-state index in [4.69, 9.17) is 9.26 Å². The van der Waals surface area contributed by atoms with Crippen molar-refractivity contribution in [3.8, 4) is 5.75 Å². The summed E-state index contributed by atoms with van der Waals surface area (Å²) in [5, 5.41) is 9.68. The van der Waals surface area contributed by atoms with Crippen molar-refractivity contribution in [1.29, 1.82) is 0 Å². The highest BCUT2D eigenvalue weighted by atomic mass is 19.3. The number of aryl methyl sites for hydroxylation is 1. The molecule has 0 unspecified atom stereocenters. The van der Waals surface area contributed by atoms with E-state index in [1.165, 1.54) is 0 Å². The summed E-state index contributed by atoms with van der Waals surface area (Å²) in [6, 6.07) is 5.37. The highest BCUT2D eigenvalue weighted by molar-refractivity contribution is 5.96. The number of rotatable bonds is 10. The van der Waals surface area contributed by atoms with Gasteiger partial charge in [0.25, 0.3) is 5.91 Å². The molecule has 12 heteroatoms. The Balaban J connectivity index is 1.00. The Morgan fingerprint density at radius 2 is 1.98 bits per heavy atom. The fourth-order valence-corrected chi connectivity index (χ4v) is 5.85. The SMILES string of the molecule is Cc1cc(OCCCC2CCN(c3nc(C(F)F)no3)CC2)ccc1C(=O)N[C@@H]1CN[C@H](C(=O)N2CCCC2)C1. The number of carbonyl (C=O) groups is 2. The van der Waals surface area contributed by atoms with E-state index >= 15 is 0 Å². The van der Waals surface area contributed by atoms with Gasteiger partial charge in [0.1, 0.15) is 5.75 Å². The van der Waals surface area contributed by atoms with Crippen LogP contribution < -0.4 is 20.3 Å². The van der Waals surface area contributed by atoms with Crippen LogP contribution in [-0.4, -0.2) is 78.3 Å². The molecule has 218 valence electrons. The fraction of sp³-hybridized carbons (Fsp3) is 0.643. The van der Waals surface area contributed by atoms with Crippen molar-refractivity contribution < 1.29 is 27.6 Å². The van der Waals surface area contributed by atoms with Gasteiger partial charge in [-0.25, -0.2) is 8.78 Å². The number of hydrogen-bond donors (Lipinski definition) is 2. The van der Waals surface area contributed by atoms with E-state index in [1.54, 1.807) is 6.07 Å². The van der Waals surface area contributed by atoms with Gasteiger partial charge in [0.15, 0.2) is 0 Å². The van der Waals surface area contributed by atoms with Gasteiger partial charge in [-0.15, -0.1) is 0 Å². The minimum Gasteiger partial charge on any atom is -0.494 e. The standard InChI is InChI=1S/C28H38F2N6O4/c1-18-15-21(39-14-4-5-19-8-12-36(13-9-19)28-33-25(24(29)30)34-40-28)6-7-22(18)26(37)32-20-16-23(31-17-20)27(38)35-10-2-3-11-35/h6-7,15,19-20,23-24,31H,2-5,8-14,16-17H2,1H3,(H,32,37)/t20-,23-/m0/s1. The van der Waals surface area contributed by atoms with Crippen LogP contribution in [0.25, 0.3) is 0 Å². The lowest BCUT2D eigenvalue weighted by molar-refractivity contribution is -0.132. The van der Waals surface area contributed by atoms with Gasteiger partial charge in [0.2, 0.25) is 11.7 Å². The van der Waals surface area contributed by atoms with Gasteiger partial charge in [-0.2, -0.15) is 4.98 Å². The lowest BCUT2D eigenvalue weighted by Crippen LogP contribution is -2.42. The lowest BCUT2D eigenvalue weighted by atomic mass is 9.92. The molecule has 3 aliphatic rings. The zero-order valence-corrected chi connectivity index (χ0v) is 22.9. The van der Waals surface area contributed by atoms with Crippen LogP contribution in [0.5, 0.6) is 5.75 Å². The molecule has 2 N–H and O–H groups in total. The number of aromatic nitrogens is 2. The van der Waals surface area contributed by atoms with Crippen LogP contribution in [0.3, 0.4) is 0 Å². The number of ether oxygens (including phenoxy) is 1. The Morgan fingerprint density at radius 1 is 1.20 bits per heavy atom. The van der Waals surface area contributed by atoms with Crippen molar-refractivity contribution >= 4 is 17.8 Å². The monoisotopic (exact) mass is 560 g/mol. The summed E-state index contributed by atoms with van der Waals surface area (Å²) in [7, 11) is 0. The maximum absolute atomic E-state index is 12.9. The first kappa shape index (κ1) is 28.3. The van der Waals surface area contributed by atoms with Crippen molar-refractivity contribution in [3.05, 3.63) is 35.2 Å². The number of alkyl halides is 2. The van der Waals surface area contributed by atoms with E-state index < -0.39 is 12.2 Å². The minimum absolute atomic E-state index is 0.0756. The highest BCUT2D eigenvalue weighted by Crippen LogP contribution is 2.27. The molecule has 40 heavy (non-hydrogen) atoms. The Bertz CT molecular complexity index is 1160. The number of nitrogens with one attached hydrogen (secondary N) is 2. The Hall–Kier alpha value is -3.28. The number of anilines is 1. The van der Waals surface area contributed by atoms with Crippen LogP contribution in [-0.2, 0) is 4.79 Å². The van der Waals surface area contributed by atoms with Crippen LogP contribution in [0.2, 0.25) is 0 Å². The maximum Gasteiger partial charge on any atom is 0.324 e. The summed E-state index contributed by atoms with van der Waals surface area (Å²) < 4.78 is 36.3. The summed E-state index contributed by atoms with van der Waals surface area (Å²) in [6.45, 7) is 6.13. The zero-order valence-electron chi connectivity index (χ0n) is 22.9. The Kier molecular flexibility index (Phi) is 9.13. The molecule has 4 heterocycles. The zero-order chi connectivity index (χ0) is 28.1. The highest BCUT2D eigenvalue weighted by Gasteiger charge is 2.34. The van der Waals surface area contributed by atoms with Crippen molar-refractivity contribution in [1.82, 2.24) is 25.7 Å². The number of hydrogen-bond acceptors (Lipinski definition) is 8. The van der Waals surface area contributed by atoms with Crippen molar-refractivity contribution in [3.63, 3.8) is 0 Å². The predicted octanol–water partition coefficient (Wildman–Crippen LogP) is 3.47. The normalized spacial score (nSPS) is 21.8. The average Bonchev–Trinajstić information content (AvgIpc) is 3.73. The molecule has 3 saturated heterocycles. The molecular weight excluding hydrogens is 522 g/mol. The van der Waals surface area contributed by atoms with E-state index in [2.05, 4.69) is 20.8 Å². The lowest BCUT2D eigenvalue weighted by Gasteiger charge is -2.30. The molecule has 0 aliphatic carbocycles. The van der Waals surface area contributed by atoms with Gasteiger partial charge in [-0.1, -0.05) is 5.16 Å². The van der Waals surface area contributed by atoms with Crippen molar-refractivity contribution in [2.45, 2.75) is 70.4 Å². The third-order valence-electron chi connectivity index (χ3n) is 8.16. The fourth-order valence-electron chi connectivity index (χ4n) is 5.85. The quantitative estimate of drug-likeness (QED) is 0.425. The number of likely N-dealkylation sites (tertiary alicyclic amines) is 1. The third-order valence-corrected chi connectivity index (χ3v) is 8.16. The van der Waals surface area contributed by atoms with Gasteiger partial charge < -0.3 is 29.7 Å². The predicted molar refractivity (Wildman–Crippen MR) is 144 cm³/mol. The second-order valence-electron chi connectivity index (χ2n) is 11.0. The molecule has 0 saturated carbocycles. The average molecular weight is 561 g/mol. The van der Waals surface area contributed by atoms with Gasteiger partial charge in [0, 0.05) is 44.3 Å². The van der Waals surface area contributed by atoms with Gasteiger partial charge in [-0.05, 0) is 81.5 Å². The Morgan fingerprint density at radius 3 is 2.67 bits per heavy atom. The number of piperidine rings is 1. The molecule has 2 amide bonds. The molecule has 0 radical (unpaired) electrons.